The number of aliphatic hydroxyl groups is 1. The molecule has 92 valence electrons. The van der Waals surface area contributed by atoms with E-state index in [-0.39, 0.29) is 29.6 Å². The van der Waals surface area contributed by atoms with E-state index in [1.54, 1.807) is 0 Å². The van der Waals surface area contributed by atoms with Crippen molar-refractivity contribution in [3.63, 3.8) is 0 Å². The Bertz CT molecular complexity index is 275. The number of carboxylic acids is 3. The first kappa shape index (κ1) is 21.7. The molecule has 0 radical (unpaired) electrons. The van der Waals surface area contributed by atoms with E-state index >= 15 is 0 Å². The van der Waals surface area contributed by atoms with Crippen molar-refractivity contribution in [2.24, 2.45) is 0 Å². The molecule has 11 heteroatoms. The minimum atomic E-state index is -2.74. The summed E-state index contributed by atoms with van der Waals surface area (Å²) in [5, 5.41) is 33.8. The SMILES string of the molecule is O=C(O)CC(O)(CC(=O)O)C(=O)O.O=P[O-].[Na+]. The van der Waals surface area contributed by atoms with Gasteiger partial charge in [0.2, 0.25) is 0 Å². The second-order valence-electron chi connectivity index (χ2n) is 2.55. The predicted molar refractivity (Wildman–Crippen MR) is 44.7 cm³/mol. The summed E-state index contributed by atoms with van der Waals surface area (Å²) in [6.07, 6.45) is -2.29. The second kappa shape index (κ2) is 10.6. The molecule has 0 aliphatic rings. The molecule has 0 bridgehead atoms. The molecule has 0 aromatic heterocycles. The van der Waals surface area contributed by atoms with E-state index in [2.05, 4.69) is 0 Å². The van der Waals surface area contributed by atoms with Gasteiger partial charge in [-0.25, -0.2) is 4.79 Å². The van der Waals surface area contributed by atoms with E-state index in [0.717, 1.165) is 0 Å². The summed E-state index contributed by atoms with van der Waals surface area (Å²) in [6.45, 7) is 0. The molecule has 0 saturated heterocycles. The molecule has 0 aromatic carbocycles. The smallest absolute Gasteiger partial charge is 0.772 e. The van der Waals surface area contributed by atoms with Gasteiger partial charge >= 0.3 is 47.5 Å². The van der Waals surface area contributed by atoms with Crippen molar-refractivity contribution >= 4 is 26.6 Å². The summed E-state index contributed by atoms with van der Waals surface area (Å²) in [5.41, 5.74) is -2.74. The Kier molecular flexibility index (Phi) is 13.5. The maximum atomic E-state index is 10.3. The van der Waals surface area contributed by atoms with Crippen LogP contribution < -0.4 is 34.5 Å². The number of hydrogen-bond donors (Lipinski definition) is 4. The van der Waals surface area contributed by atoms with Crippen LogP contribution in [0.1, 0.15) is 12.8 Å². The number of rotatable bonds is 5. The quantitative estimate of drug-likeness (QED) is 0.284. The van der Waals surface area contributed by atoms with Crippen molar-refractivity contribution in [1.29, 1.82) is 0 Å². The predicted octanol–water partition coefficient (Wildman–Crippen LogP) is -4.69. The molecular weight excluding hydrogens is 270 g/mol. The van der Waals surface area contributed by atoms with Gasteiger partial charge in [0.25, 0.3) is 0 Å². The third kappa shape index (κ3) is 11.7. The van der Waals surface area contributed by atoms with Crippen molar-refractivity contribution in [3.05, 3.63) is 0 Å². The van der Waals surface area contributed by atoms with E-state index in [1.165, 1.54) is 0 Å². The van der Waals surface area contributed by atoms with Crippen LogP contribution in [0.3, 0.4) is 0 Å². The third-order valence-electron chi connectivity index (χ3n) is 1.29. The molecule has 0 aromatic rings. The van der Waals surface area contributed by atoms with Crippen LogP contribution in [-0.2, 0) is 18.9 Å². The zero-order valence-corrected chi connectivity index (χ0v) is 11.6. The summed E-state index contributed by atoms with van der Waals surface area (Å²) in [4.78, 5) is 38.8. The van der Waals surface area contributed by atoms with Crippen molar-refractivity contribution in [3.8, 4) is 0 Å². The molecule has 0 unspecified atom stereocenters. The van der Waals surface area contributed by atoms with Gasteiger partial charge in [-0.3, -0.25) is 14.2 Å². The van der Waals surface area contributed by atoms with Gasteiger partial charge in [-0.2, -0.15) is 0 Å². The van der Waals surface area contributed by atoms with Gasteiger partial charge < -0.3 is 25.3 Å². The van der Waals surface area contributed by atoms with E-state index in [1.807, 2.05) is 0 Å². The van der Waals surface area contributed by atoms with E-state index < -0.39 is 45.0 Å². The summed E-state index contributed by atoms with van der Waals surface area (Å²) < 4.78 is 8.35. The van der Waals surface area contributed by atoms with Crippen molar-refractivity contribution in [1.82, 2.24) is 0 Å². The zero-order chi connectivity index (χ0) is 13.4. The van der Waals surface area contributed by atoms with E-state index in [0.29, 0.717) is 0 Å². The van der Waals surface area contributed by atoms with Crippen molar-refractivity contribution in [2.75, 3.05) is 0 Å². The summed E-state index contributed by atoms with van der Waals surface area (Å²) in [5.74, 6) is -5.02. The van der Waals surface area contributed by atoms with Gasteiger partial charge in [-0.15, -0.1) is 0 Å². The van der Waals surface area contributed by atoms with Gasteiger partial charge in [0, 0.05) is 0 Å². The van der Waals surface area contributed by atoms with E-state index in [9.17, 15) is 14.4 Å². The fourth-order valence-electron chi connectivity index (χ4n) is 0.714. The fraction of sp³-hybridized carbons (Fsp3) is 0.500. The Hall–Kier alpha value is -0.570. The largest absolute Gasteiger partial charge is 1.00 e. The summed E-state index contributed by atoms with van der Waals surface area (Å²) in [6, 6.07) is 0. The maximum Gasteiger partial charge on any atom is 1.00 e. The Labute approximate surface area is 119 Å². The average molecular weight is 278 g/mol. The molecule has 4 N–H and O–H groups in total. The molecular formula is C6H8NaO9P. The first-order valence-corrected chi connectivity index (χ1v) is 4.27. The molecule has 0 aliphatic carbocycles. The monoisotopic (exact) mass is 278 g/mol. The van der Waals surface area contributed by atoms with Gasteiger partial charge in [-0.05, 0) is 0 Å². The minimum Gasteiger partial charge on any atom is -0.772 e. The summed E-state index contributed by atoms with van der Waals surface area (Å²) >= 11 is 0. The van der Waals surface area contributed by atoms with Crippen LogP contribution in [0.5, 0.6) is 0 Å². The Morgan fingerprint density at radius 2 is 1.29 bits per heavy atom. The minimum absolute atomic E-state index is 0. The third-order valence-corrected chi connectivity index (χ3v) is 1.29. The van der Waals surface area contributed by atoms with Crippen molar-refractivity contribution in [2.45, 2.75) is 18.4 Å². The van der Waals surface area contributed by atoms with Gasteiger partial charge in [-0.1, -0.05) is 0 Å². The number of carboxylic acid groups (broad SMARTS) is 3. The first-order chi connectivity index (χ1) is 7.19. The van der Waals surface area contributed by atoms with Crippen LogP contribution in [0.15, 0.2) is 0 Å². The van der Waals surface area contributed by atoms with Crippen LogP contribution in [0.25, 0.3) is 0 Å². The molecule has 17 heavy (non-hydrogen) atoms. The molecule has 0 rings (SSSR count). The van der Waals surface area contributed by atoms with Crippen LogP contribution in [0.4, 0.5) is 0 Å². The van der Waals surface area contributed by atoms with Crippen LogP contribution >= 0.6 is 8.69 Å². The molecule has 0 amide bonds. The normalized spacial score (nSPS) is 9.53. The molecule has 0 fully saturated rings. The number of carbonyl (C=O) groups is 3. The van der Waals surface area contributed by atoms with E-state index in [4.69, 9.17) is 29.9 Å². The van der Waals surface area contributed by atoms with Crippen LogP contribution in [0.2, 0.25) is 0 Å². The standard InChI is InChI=1S/C6H8O7.Na.HO2P/c7-3(8)1-6(13,5(11)12)2-4(9)10;;1-3-2/h13H,1-2H2,(H,7,8)(H,9,10)(H,11,12);;(H,1,2)/q;+1;/p-1. The first-order valence-electron chi connectivity index (χ1n) is 3.54. The molecule has 0 aliphatic heterocycles. The summed E-state index contributed by atoms with van der Waals surface area (Å²) in [7, 11) is -1.08. The maximum absolute atomic E-state index is 10.3. The molecule has 9 nitrogen and oxygen atoms in total. The number of hydrogen-bond acceptors (Lipinski definition) is 6. The second-order valence-corrected chi connectivity index (χ2v) is 2.70. The molecule has 0 spiro atoms. The Morgan fingerprint density at radius 3 is 1.41 bits per heavy atom. The van der Waals surface area contributed by atoms with Crippen LogP contribution in [-0.4, -0.2) is 43.9 Å². The Balaban J connectivity index is -0.000000440. The van der Waals surface area contributed by atoms with Gasteiger partial charge in [0.1, 0.15) is 0 Å². The molecule has 0 atom stereocenters. The van der Waals surface area contributed by atoms with Crippen molar-refractivity contribution < 1.29 is 73.8 Å². The van der Waals surface area contributed by atoms with Crippen LogP contribution in [0, 0.1) is 0 Å². The topological polar surface area (TPSA) is 172 Å². The molecule has 0 saturated carbocycles. The average Bonchev–Trinajstić information content (AvgIpc) is 2.01. The molecule has 0 heterocycles. The number of aliphatic carboxylic acids is 3. The van der Waals surface area contributed by atoms with Gasteiger partial charge in [0.05, 0.1) is 21.5 Å². The van der Waals surface area contributed by atoms with Gasteiger partial charge in [0.15, 0.2) is 5.60 Å². The fourth-order valence-corrected chi connectivity index (χ4v) is 0.714. The Morgan fingerprint density at radius 1 is 1.06 bits per heavy atom. The zero-order valence-electron chi connectivity index (χ0n) is 8.69.